The molecule has 2 aliphatic heterocycles. The smallest absolute Gasteiger partial charge is 0.249 e. The van der Waals surface area contributed by atoms with E-state index in [0.717, 1.165) is 25.8 Å². The van der Waals surface area contributed by atoms with E-state index in [9.17, 15) is 4.79 Å². The largest absolute Gasteiger partial charge is 0.368 e. The third-order valence-corrected chi connectivity index (χ3v) is 3.92. The third-order valence-electron chi connectivity index (χ3n) is 3.92. The Morgan fingerprint density at radius 3 is 3.05 bits per heavy atom. The summed E-state index contributed by atoms with van der Waals surface area (Å²) in [4.78, 5) is 11.9. The molecule has 1 aromatic rings. The summed E-state index contributed by atoms with van der Waals surface area (Å²) in [5.74, 6) is 0.0300. The van der Waals surface area contributed by atoms with E-state index < -0.39 is 0 Å². The standard InChI is InChI=1S/C15H20N2O2.ClH/c18-15(14-6-3-9-19-14)17-10-13-12-5-2-1-4-11(12)7-8-16-13;/h1-2,4-5,13-14,16H,3,6-10H2,(H,17,18);1H. The molecule has 0 spiro atoms. The van der Waals surface area contributed by atoms with E-state index in [0.29, 0.717) is 13.2 Å². The topological polar surface area (TPSA) is 50.4 Å². The van der Waals surface area contributed by atoms with Crippen LogP contribution in [0.4, 0.5) is 0 Å². The first kappa shape index (κ1) is 15.3. The Labute approximate surface area is 125 Å². The van der Waals surface area contributed by atoms with Gasteiger partial charge >= 0.3 is 0 Å². The monoisotopic (exact) mass is 296 g/mol. The third kappa shape index (κ3) is 3.32. The summed E-state index contributed by atoms with van der Waals surface area (Å²) in [5.41, 5.74) is 2.69. The normalized spacial score (nSPS) is 24.6. The van der Waals surface area contributed by atoms with Gasteiger partial charge in [-0.25, -0.2) is 0 Å². The van der Waals surface area contributed by atoms with E-state index in [1.807, 2.05) is 0 Å². The molecule has 2 heterocycles. The predicted molar refractivity (Wildman–Crippen MR) is 80.1 cm³/mol. The molecule has 0 bridgehead atoms. The maximum atomic E-state index is 11.9. The molecule has 1 amide bonds. The summed E-state index contributed by atoms with van der Waals surface area (Å²) in [6.45, 7) is 2.32. The number of amides is 1. The zero-order chi connectivity index (χ0) is 13.1. The average Bonchev–Trinajstić information content (AvgIpc) is 2.99. The number of ether oxygens (including phenoxy) is 1. The molecule has 1 aromatic carbocycles. The van der Waals surface area contributed by atoms with Crippen molar-refractivity contribution in [3.8, 4) is 0 Å². The highest BCUT2D eigenvalue weighted by Gasteiger charge is 2.25. The number of carbonyl (C=O) groups excluding carboxylic acids is 1. The summed E-state index contributed by atoms with van der Waals surface area (Å²) in [5, 5.41) is 6.47. The van der Waals surface area contributed by atoms with Gasteiger partial charge in [0.1, 0.15) is 6.10 Å². The molecule has 5 heteroatoms. The molecule has 0 aromatic heterocycles. The van der Waals surface area contributed by atoms with Crippen LogP contribution in [0.3, 0.4) is 0 Å². The van der Waals surface area contributed by atoms with E-state index in [4.69, 9.17) is 4.74 Å². The Kier molecular flexibility index (Phi) is 5.40. The molecule has 4 nitrogen and oxygen atoms in total. The van der Waals surface area contributed by atoms with Crippen LogP contribution in [0, 0.1) is 0 Å². The molecule has 1 fully saturated rings. The first-order valence-corrected chi connectivity index (χ1v) is 7.05. The Balaban J connectivity index is 0.00000147. The molecular weight excluding hydrogens is 276 g/mol. The fourth-order valence-corrected chi connectivity index (χ4v) is 2.88. The Morgan fingerprint density at radius 2 is 2.25 bits per heavy atom. The molecule has 110 valence electrons. The molecule has 20 heavy (non-hydrogen) atoms. The highest BCUT2D eigenvalue weighted by molar-refractivity contribution is 5.85. The van der Waals surface area contributed by atoms with Gasteiger partial charge in [-0.2, -0.15) is 0 Å². The van der Waals surface area contributed by atoms with Gasteiger partial charge in [0.05, 0.1) is 0 Å². The van der Waals surface area contributed by atoms with E-state index in [2.05, 4.69) is 34.9 Å². The predicted octanol–water partition coefficient (Wildman–Crippen LogP) is 1.59. The summed E-state index contributed by atoms with van der Waals surface area (Å²) in [6.07, 6.45) is 2.66. The van der Waals surface area contributed by atoms with Gasteiger partial charge in [0, 0.05) is 19.2 Å². The van der Waals surface area contributed by atoms with Gasteiger partial charge in [-0.1, -0.05) is 24.3 Å². The highest BCUT2D eigenvalue weighted by Crippen LogP contribution is 2.22. The molecule has 3 rings (SSSR count). The lowest BCUT2D eigenvalue weighted by molar-refractivity contribution is -0.130. The van der Waals surface area contributed by atoms with Crippen molar-refractivity contribution in [3.05, 3.63) is 35.4 Å². The van der Waals surface area contributed by atoms with Crippen LogP contribution in [0.5, 0.6) is 0 Å². The van der Waals surface area contributed by atoms with Gasteiger partial charge in [-0.15, -0.1) is 12.4 Å². The van der Waals surface area contributed by atoms with Gasteiger partial charge in [0.25, 0.3) is 0 Å². The molecule has 2 atom stereocenters. The van der Waals surface area contributed by atoms with Gasteiger partial charge in [-0.05, 0) is 36.9 Å². The second-order valence-electron chi connectivity index (χ2n) is 5.20. The van der Waals surface area contributed by atoms with Crippen LogP contribution in [0.1, 0.15) is 30.0 Å². The van der Waals surface area contributed by atoms with E-state index in [1.165, 1.54) is 11.1 Å². The SMILES string of the molecule is Cl.O=C(NCC1NCCc2ccccc21)C1CCCO1. The molecule has 0 radical (unpaired) electrons. The van der Waals surface area contributed by atoms with Gasteiger partial charge in [0.2, 0.25) is 5.91 Å². The summed E-state index contributed by atoms with van der Waals surface area (Å²) in [7, 11) is 0. The molecule has 0 saturated carbocycles. The van der Waals surface area contributed by atoms with Crippen molar-refractivity contribution in [1.29, 1.82) is 0 Å². The molecular formula is C15H21ClN2O2. The summed E-state index contributed by atoms with van der Waals surface area (Å²) in [6, 6.07) is 8.66. The Hall–Kier alpha value is -1.10. The lowest BCUT2D eigenvalue weighted by Gasteiger charge is -2.27. The zero-order valence-electron chi connectivity index (χ0n) is 11.4. The second-order valence-corrected chi connectivity index (χ2v) is 5.20. The van der Waals surface area contributed by atoms with Crippen molar-refractivity contribution < 1.29 is 9.53 Å². The van der Waals surface area contributed by atoms with E-state index >= 15 is 0 Å². The van der Waals surface area contributed by atoms with Gasteiger partial charge in [-0.3, -0.25) is 4.79 Å². The molecule has 0 aliphatic carbocycles. The lowest BCUT2D eigenvalue weighted by atomic mass is 9.94. The summed E-state index contributed by atoms with van der Waals surface area (Å²) < 4.78 is 5.39. The first-order valence-electron chi connectivity index (χ1n) is 7.05. The lowest BCUT2D eigenvalue weighted by Crippen LogP contribution is -2.42. The molecule has 1 saturated heterocycles. The van der Waals surface area contributed by atoms with Crippen molar-refractivity contribution in [2.24, 2.45) is 0 Å². The first-order chi connectivity index (χ1) is 9.34. The molecule has 2 unspecified atom stereocenters. The fraction of sp³-hybridized carbons (Fsp3) is 0.533. The number of fused-ring (bicyclic) bond motifs is 1. The number of rotatable bonds is 3. The van der Waals surface area contributed by atoms with Crippen molar-refractivity contribution in [2.75, 3.05) is 19.7 Å². The van der Waals surface area contributed by atoms with Crippen LogP contribution in [-0.4, -0.2) is 31.7 Å². The minimum absolute atomic E-state index is 0. The second kappa shape index (κ2) is 7.07. The zero-order valence-corrected chi connectivity index (χ0v) is 12.2. The maximum Gasteiger partial charge on any atom is 0.249 e. The van der Waals surface area contributed by atoms with Gasteiger partial charge < -0.3 is 15.4 Å². The number of benzene rings is 1. The van der Waals surface area contributed by atoms with Crippen LogP contribution in [-0.2, 0) is 16.0 Å². The molecule has 2 aliphatic rings. The quantitative estimate of drug-likeness (QED) is 0.891. The van der Waals surface area contributed by atoms with Crippen LogP contribution < -0.4 is 10.6 Å². The van der Waals surface area contributed by atoms with Crippen LogP contribution in [0.2, 0.25) is 0 Å². The maximum absolute atomic E-state index is 11.9. The number of hydrogen-bond donors (Lipinski definition) is 2. The van der Waals surface area contributed by atoms with Crippen molar-refractivity contribution in [3.63, 3.8) is 0 Å². The van der Waals surface area contributed by atoms with Crippen LogP contribution in [0.15, 0.2) is 24.3 Å². The van der Waals surface area contributed by atoms with E-state index in [-0.39, 0.29) is 30.5 Å². The molecule has 2 N–H and O–H groups in total. The van der Waals surface area contributed by atoms with Crippen molar-refractivity contribution in [2.45, 2.75) is 31.4 Å². The van der Waals surface area contributed by atoms with Crippen molar-refractivity contribution in [1.82, 2.24) is 10.6 Å². The fourth-order valence-electron chi connectivity index (χ4n) is 2.88. The Morgan fingerprint density at radius 1 is 1.40 bits per heavy atom. The van der Waals surface area contributed by atoms with Crippen molar-refractivity contribution >= 4 is 18.3 Å². The minimum atomic E-state index is -0.237. The number of halogens is 1. The van der Waals surface area contributed by atoms with Crippen LogP contribution in [0.25, 0.3) is 0 Å². The number of nitrogens with one attached hydrogen (secondary N) is 2. The van der Waals surface area contributed by atoms with Gasteiger partial charge in [0.15, 0.2) is 0 Å². The Bertz CT molecular complexity index is 461. The van der Waals surface area contributed by atoms with E-state index in [1.54, 1.807) is 0 Å². The van der Waals surface area contributed by atoms with Crippen LogP contribution >= 0.6 is 12.4 Å². The minimum Gasteiger partial charge on any atom is -0.368 e. The number of hydrogen-bond acceptors (Lipinski definition) is 3. The average molecular weight is 297 g/mol. The number of carbonyl (C=O) groups is 1. The summed E-state index contributed by atoms with van der Waals surface area (Å²) >= 11 is 0. The highest BCUT2D eigenvalue weighted by atomic mass is 35.5.